The first kappa shape index (κ1) is 27.2. The normalized spacial score (nSPS) is 14.7. The van der Waals surface area contributed by atoms with E-state index in [1.807, 2.05) is 98.8 Å². The Morgan fingerprint density at radius 1 is 0.825 bits per heavy atom. The SMILES string of the molecule is CC(C)n1ncn(-c2ccc(N3CCN(C(C(=O)NCCNc4ccccc4)c4ccccc4)CC3)cc2)c1=O. The molecule has 2 N–H and O–H groups in total. The van der Waals surface area contributed by atoms with Crippen LogP contribution in [0.4, 0.5) is 11.4 Å². The number of benzene rings is 3. The molecule has 0 radical (unpaired) electrons. The Morgan fingerprint density at radius 2 is 1.45 bits per heavy atom. The van der Waals surface area contributed by atoms with Crippen molar-refractivity contribution in [3.05, 3.63) is 107 Å². The molecule has 1 aromatic heterocycles. The molecule has 0 saturated carbocycles. The summed E-state index contributed by atoms with van der Waals surface area (Å²) in [5.41, 5.74) is 3.79. The van der Waals surface area contributed by atoms with E-state index in [1.54, 1.807) is 10.9 Å². The maximum absolute atomic E-state index is 13.4. The van der Waals surface area contributed by atoms with E-state index in [-0.39, 0.29) is 23.7 Å². The minimum atomic E-state index is -0.341. The fraction of sp³-hybridized carbons (Fsp3) is 0.323. The average Bonchev–Trinajstić information content (AvgIpc) is 3.38. The van der Waals surface area contributed by atoms with Crippen molar-refractivity contribution >= 4 is 17.3 Å². The van der Waals surface area contributed by atoms with Gasteiger partial charge in [-0.25, -0.2) is 14.0 Å². The number of carbonyl (C=O) groups excluding carboxylic acids is 1. The van der Waals surface area contributed by atoms with Crippen molar-refractivity contribution < 1.29 is 4.79 Å². The Hall–Kier alpha value is -4.37. The number of nitrogens with one attached hydrogen (secondary N) is 2. The van der Waals surface area contributed by atoms with E-state index in [0.717, 1.165) is 48.8 Å². The van der Waals surface area contributed by atoms with Gasteiger partial charge in [-0.15, -0.1) is 0 Å². The summed E-state index contributed by atoms with van der Waals surface area (Å²) in [6.45, 7) is 8.21. The quantitative estimate of drug-likeness (QED) is 0.299. The summed E-state index contributed by atoms with van der Waals surface area (Å²) in [5, 5.41) is 10.7. The van der Waals surface area contributed by atoms with Crippen LogP contribution in [0.25, 0.3) is 5.69 Å². The zero-order chi connectivity index (χ0) is 27.9. The zero-order valence-corrected chi connectivity index (χ0v) is 23.1. The van der Waals surface area contributed by atoms with Crippen LogP contribution in [0.1, 0.15) is 31.5 Å². The lowest BCUT2D eigenvalue weighted by atomic mass is 10.0. The van der Waals surface area contributed by atoms with Gasteiger partial charge in [-0.05, 0) is 55.8 Å². The summed E-state index contributed by atoms with van der Waals surface area (Å²) in [6.07, 6.45) is 1.57. The van der Waals surface area contributed by atoms with Gasteiger partial charge >= 0.3 is 5.69 Å². The summed E-state index contributed by atoms with van der Waals surface area (Å²) in [6, 6.07) is 27.7. The molecule has 0 bridgehead atoms. The van der Waals surface area contributed by atoms with E-state index in [0.29, 0.717) is 13.1 Å². The Bertz CT molecular complexity index is 1420. The van der Waals surface area contributed by atoms with Crippen LogP contribution >= 0.6 is 0 Å². The van der Waals surface area contributed by atoms with Gasteiger partial charge in [0.05, 0.1) is 11.7 Å². The molecule has 1 fully saturated rings. The minimum Gasteiger partial charge on any atom is -0.383 e. The van der Waals surface area contributed by atoms with Crippen LogP contribution in [0, 0.1) is 0 Å². The van der Waals surface area contributed by atoms with Crippen LogP contribution in [0.5, 0.6) is 0 Å². The van der Waals surface area contributed by atoms with E-state index < -0.39 is 0 Å². The van der Waals surface area contributed by atoms with Gasteiger partial charge in [0.1, 0.15) is 12.4 Å². The van der Waals surface area contributed by atoms with Gasteiger partial charge in [0, 0.05) is 50.6 Å². The molecule has 2 heterocycles. The van der Waals surface area contributed by atoms with E-state index in [9.17, 15) is 9.59 Å². The highest BCUT2D eigenvalue weighted by Crippen LogP contribution is 2.25. The van der Waals surface area contributed by atoms with Crippen LogP contribution in [-0.2, 0) is 4.79 Å². The lowest BCUT2D eigenvalue weighted by molar-refractivity contribution is -0.126. The third-order valence-corrected chi connectivity index (χ3v) is 7.25. The molecule has 40 heavy (non-hydrogen) atoms. The van der Waals surface area contributed by atoms with Crippen molar-refractivity contribution in [2.24, 2.45) is 0 Å². The molecule has 9 nitrogen and oxygen atoms in total. The lowest BCUT2D eigenvalue weighted by Gasteiger charge is -2.39. The number of piperazine rings is 1. The van der Waals surface area contributed by atoms with Crippen LogP contribution in [0.2, 0.25) is 0 Å². The molecule has 1 aliphatic heterocycles. The van der Waals surface area contributed by atoms with Crippen LogP contribution in [0.3, 0.4) is 0 Å². The summed E-state index contributed by atoms with van der Waals surface area (Å²) in [5.74, 6) is 0.0197. The third kappa shape index (κ3) is 6.26. The van der Waals surface area contributed by atoms with Crippen LogP contribution < -0.4 is 21.2 Å². The largest absolute Gasteiger partial charge is 0.383 e. The van der Waals surface area contributed by atoms with E-state index >= 15 is 0 Å². The van der Waals surface area contributed by atoms with Crippen molar-refractivity contribution in [3.63, 3.8) is 0 Å². The van der Waals surface area contributed by atoms with Gasteiger partial charge in [0.25, 0.3) is 0 Å². The number of nitrogens with zero attached hydrogens (tertiary/aromatic N) is 5. The second kappa shape index (κ2) is 12.7. The van der Waals surface area contributed by atoms with Gasteiger partial charge in [0.2, 0.25) is 5.91 Å². The Balaban J connectivity index is 1.20. The number of aromatic nitrogens is 3. The van der Waals surface area contributed by atoms with Crippen molar-refractivity contribution in [1.29, 1.82) is 0 Å². The third-order valence-electron chi connectivity index (χ3n) is 7.25. The van der Waals surface area contributed by atoms with Crippen molar-refractivity contribution in [3.8, 4) is 5.69 Å². The molecular weight excluding hydrogens is 502 g/mol. The molecule has 4 aromatic rings. The number of hydrogen-bond donors (Lipinski definition) is 2. The molecule has 1 saturated heterocycles. The first-order valence-electron chi connectivity index (χ1n) is 13.9. The van der Waals surface area contributed by atoms with Crippen molar-refractivity contribution in [2.75, 3.05) is 49.5 Å². The highest BCUT2D eigenvalue weighted by molar-refractivity contribution is 5.83. The van der Waals surface area contributed by atoms with Crippen LogP contribution in [-0.4, -0.2) is 64.4 Å². The van der Waals surface area contributed by atoms with Gasteiger partial charge in [-0.2, -0.15) is 5.10 Å². The predicted molar refractivity (Wildman–Crippen MR) is 159 cm³/mol. The first-order valence-corrected chi connectivity index (χ1v) is 13.9. The molecule has 1 atom stereocenters. The van der Waals surface area contributed by atoms with Crippen LogP contribution in [0.15, 0.2) is 96.1 Å². The summed E-state index contributed by atoms with van der Waals surface area (Å²) >= 11 is 0. The Morgan fingerprint density at radius 3 is 2.08 bits per heavy atom. The summed E-state index contributed by atoms with van der Waals surface area (Å²) in [7, 11) is 0. The number of anilines is 2. The number of carbonyl (C=O) groups is 1. The smallest absolute Gasteiger partial charge is 0.350 e. The highest BCUT2D eigenvalue weighted by atomic mass is 16.2. The molecule has 1 amide bonds. The highest BCUT2D eigenvalue weighted by Gasteiger charge is 2.30. The maximum atomic E-state index is 13.4. The Kier molecular flexibility index (Phi) is 8.61. The molecule has 208 valence electrons. The number of rotatable bonds is 10. The van der Waals surface area contributed by atoms with Gasteiger partial charge < -0.3 is 15.5 Å². The summed E-state index contributed by atoms with van der Waals surface area (Å²) in [4.78, 5) is 30.6. The van der Waals surface area contributed by atoms with E-state index in [1.165, 1.54) is 4.68 Å². The fourth-order valence-corrected chi connectivity index (χ4v) is 5.12. The Labute approximate surface area is 235 Å². The van der Waals surface area contributed by atoms with Crippen molar-refractivity contribution in [2.45, 2.75) is 25.9 Å². The number of hydrogen-bond acceptors (Lipinski definition) is 6. The van der Waals surface area contributed by atoms with Gasteiger partial charge in [0.15, 0.2) is 0 Å². The molecule has 0 aliphatic carbocycles. The van der Waals surface area contributed by atoms with E-state index in [2.05, 4.69) is 25.5 Å². The summed E-state index contributed by atoms with van der Waals surface area (Å²) < 4.78 is 3.05. The molecular formula is C31H37N7O2. The first-order chi connectivity index (χ1) is 19.5. The van der Waals surface area contributed by atoms with Gasteiger partial charge in [-0.3, -0.25) is 9.69 Å². The molecule has 0 spiro atoms. The fourth-order valence-electron chi connectivity index (χ4n) is 5.12. The second-order valence-corrected chi connectivity index (χ2v) is 10.3. The standard InChI is InChI=1S/C31H37N7O2/c1-24(2)38-31(40)37(23-34-38)28-15-13-27(14-16-28)35-19-21-36(22-20-35)29(25-9-5-3-6-10-25)30(39)33-18-17-32-26-11-7-4-8-12-26/h3-16,23-24,29,32H,17-22H2,1-2H3,(H,33,39). The zero-order valence-electron chi connectivity index (χ0n) is 23.1. The number of para-hydroxylation sites is 1. The lowest BCUT2D eigenvalue weighted by Crippen LogP contribution is -2.51. The predicted octanol–water partition coefficient (Wildman–Crippen LogP) is 3.71. The maximum Gasteiger partial charge on any atom is 0.350 e. The van der Waals surface area contributed by atoms with Gasteiger partial charge in [-0.1, -0.05) is 48.5 Å². The number of amides is 1. The molecule has 3 aromatic carbocycles. The average molecular weight is 540 g/mol. The van der Waals surface area contributed by atoms with E-state index in [4.69, 9.17) is 0 Å². The van der Waals surface area contributed by atoms with Crippen molar-refractivity contribution in [1.82, 2.24) is 24.6 Å². The molecule has 1 unspecified atom stereocenters. The second-order valence-electron chi connectivity index (χ2n) is 10.3. The topological polar surface area (TPSA) is 87.4 Å². The monoisotopic (exact) mass is 539 g/mol. The molecule has 1 aliphatic rings. The molecule has 5 rings (SSSR count). The molecule has 9 heteroatoms. The minimum absolute atomic E-state index is 0.0112.